The van der Waals surface area contributed by atoms with Crippen LogP contribution in [0.4, 0.5) is 0 Å². The van der Waals surface area contributed by atoms with E-state index < -0.39 is 0 Å². The first kappa shape index (κ1) is 29.1. The Morgan fingerprint density at radius 1 is 0.778 bits per heavy atom. The number of esters is 1. The molecule has 0 amide bonds. The van der Waals surface area contributed by atoms with Crippen molar-refractivity contribution in [1.82, 2.24) is 0 Å². The molecule has 0 unspecified atom stereocenters. The van der Waals surface area contributed by atoms with Gasteiger partial charge < -0.3 is 9.84 Å². The summed E-state index contributed by atoms with van der Waals surface area (Å²) in [5.41, 5.74) is 0. The SMILES string of the molecule is CSCSCOC(=O)CSCSCSCSCCOOCSCSCCO. The highest BCUT2D eigenvalue weighted by molar-refractivity contribution is 8.26. The summed E-state index contributed by atoms with van der Waals surface area (Å²) in [6, 6.07) is 0. The molecule has 13 heteroatoms. The van der Waals surface area contributed by atoms with Crippen molar-refractivity contribution < 1.29 is 24.4 Å². The molecule has 0 spiro atoms. The Labute approximate surface area is 197 Å². The van der Waals surface area contributed by atoms with Crippen LogP contribution in [0.15, 0.2) is 0 Å². The molecule has 5 nitrogen and oxygen atoms in total. The van der Waals surface area contributed by atoms with Gasteiger partial charge in [-0.15, -0.1) is 82.3 Å². The molecule has 1 N–H and O–H groups in total. The van der Waals surface area contributed by atoms with Crippen molar-refractivity contribution in [1.29, 1.82) is 0 Å². The Hall–Kier alpha value is 2.15. The Balaban J connectivity index is 3.07. The van der Waals surface area contributed by atoms with Gasteiger partial charge in [0, 0.05) is 36.9 Å². The third-order valence-corrected chi connectivity index (χ3v) is 11.0. The summed E-state index contributed by atoms with van der Waals surface area (Å²) in [4.78, 5) is 21.6. The van der Waals surface area contributed by atoms with Crippen molar-refractivity contribution in [2.75, 3.05) is 74.0 Å². The van der Waals surface area contributed by atoms with Gasteiger partial charge in [-0.05, 0) is 6.26 Å². The Morgan fingerprint density at radius 3 is 2.22 bits per heavy atom. The van der Waals surface area contributed by atoms with Gasteiger partial charge in [-0.25, -0.2) is 9.78 Å². The van der Waals surface area contributed by atoms with Crippen LogP contribution in [0, 0.1) is 0 Å². The number of ether oxygens (including phenoxy) is 1. The zero-order chi connectivity index (χ0) is 19.8. The number of aliphatic hydroxyl groups excluding tert-OH is 1. The average molecular weight is 533 g/mol. The molecular weight excluding hydrogens is 505 g/mol. The van der Waals surface area contributed by atoms with Crippen LogP contribution in [-0.4, -0.2) is 85.1 Å². The molecule has 0 aliphatic heterocycles. The lowest BCUT2D eigenvalue weighted by Crippen LogP contribution is -2.07. The number of hydrogen-bond donors (Lipinski definition) is 1. The summed E-state index contributed by atoms with van der Waals surface area (Å²) < 4.78 is 5.11. The van der Waals surface area contributed by atoms with Crippen molar-refractivity contribution in [3.8, 4) is 0 Å². The standard InChI is InChI=1S/C14H28O5S8/c1-20-9-24-7-17-14(16)6-23-12-27-13-26-11-22-5-3-18-19-8-25-10-21-4-2-15/h15H,2-13H2,1H3. The van der Waals surface area contributed by atoms with Gasteiger partial charge in [-0.1, -0.05) is 0 Å². The summed E-state index contributed by atoms with van der Waals surface area (Å²) >= 11 is 13.8. The van der Waals surface area contributed by atoms with Gasteiger partial charge in [0.05, 0.1) is 19.0 Å². The molecule has 0 aromatic rings. The van der Waals surface area contributed by atoms with Crippen LogP contribution in [-0.2, 0) is 19.3 Å². The number of hydrogen-bond acceptors (Lipinski definition) is 13. The maximum atomic E-state index is 11.5. The topological polar surface area (TPSA) is 65.0 Å². The van der Waals surface area contributed by atoms with Crippen LogP contribution in [0.1, 0.15) is 0 Å². The molecule has 27 heavy (non-hydrogen) atoms. The van der Waals surface area contributed by atoms with E-state index in [4.69, 9.17) is 19.6 Å². The summed E-state index contributed by atoms with van der Waals surface area (Å²) in [6.07, 6.45) is 2.03. The van der Waals surface area contributed by atoms with Crippen LogP contribution >= 0.6 is 94.1 Å². The molecule has 162 valence electrons. The zero-order valence-corrected chi connectivity index (χ0v) is 21.9. The van der Waals surface area contributed by atoms with Crippen molar-refractivity contribution in [2.45, 2.75) is 0 Å². The lowest BCUT2D eigenvalue weighted by Gasteiger charge is -2.05. The molecule has 0 aliphatic rings. The molecular formula is C14H28O5S8. The van der Waals surface area contributed by atoms with Crippen LogP contribution in [0.25, 0.3) is 0 Å². The van der Waals surface area contributed by atoms with Gasteiger partial charge in [0.2, 0.25) is 0 Å². The van der Waals surface area contributed by atoms with Crippen molar-refractivity contribution in [3.05, 3.63) is 0 Å². The van der Waals surface area contributed by atoms with Gasteiger partial charge in [-0.2, -0.15) is 11.8 Å². The van der Waals surface area contributed by atoms with Crippen molar-refractivity contribution >= 4 is 100 Å². The van der Waals surface area contributed by atoms with Crippen LogP contribution < -0.4 is 0 Å². The Kier molecular flexibility index (Phi) is 28.3. The minimum Gasteiger partial charge on any atom is -0.454 e. The molecule has 0 saturated heterocycles. The molecule has 0 aromatic carbocycles. The van der Waals surface area contributed by atoms with E-state index in [0.29, 0.717) is 24.2 Å². The average Bonchev–Trinajstić information content (AvgIpc) is 2.67. The molecule has 0 radical (unpaired) electrons. The smallest absolute Gasteiger partial charge is 0.316 e. The lowest BCUT2D eigenvalue weighted by molar-refractivity contribution is -0.274. The largest absolute Gasteiger partial charge is 0.454 e. The predicted molar refractivity (Wildman–Crippen MR) is 136 cm³/mol. The second-order valence-electron chi connectivity index (χ2n) is 4.27. The van der Waals surface area contributed by atoms with E-state index in [9.17, 15) is 4.79 Å². The van der Waals surface area contributed by atoms with E-state index in [0.717, 1.165) is 36.9 Å². The van der Waals surface area contributed by atoms with Crippen molar-refractivity contribution in [3.63, 3.8) is 0 Å². The minimum absolute atomic E-state index is 0.123. The maximum absolute atomic E-state index is 11.5. The normalized spacial score (nSPS) is 11.0. The molecule has 0 aliphatic carbocycles. The Bertz CT molecular complexity index is 317. The van der Waals surface area contributed by atoms with E-state index in [1.54, 1.807) is 58.8 Å². The monoisotopic (exact) mass is 532 g/mol. The second kappa shape index (κ2) is 26.2. The summed E-state index contributed by atoms with van der Waals surface area (Å²) in [5, 5.41) is 13.5. The lowest BCUT2D eigenvalue weighted by atomic mass is 10.8. The fourth-order valence-electron chi connectivity index (χ4n) is 1.13. The maximum Gasteiger partial charge on any atom is 0.316 e. The molecule has 0 atom stereocenters. The molecule has 0 rings (SSSR count). The van der Waals surface area contributed by atoms with E-state index in [1.165, 1.54) is 0 Å². The van der Waals surface area contributed by atoms with E-state index in [1.807, 2.05) is 41.5 Å². The molecule has 0 saturated carbocycles. The fraction of sp³-hybridized carbons (Fsp3) is 0.929. The number of rotatable bonds is 22. The van der Waals surface area contributed by atoms with Gasteiger partial charge in [0.15, 0.2) is 0 Å². The highest BCUT2D eigenvalue weighted by Gasteiger charge is 2.03. The quantitative estimate of drug-likeness (QED) is 0.0691. The van der Waals surface area contributed by atoms with Crippen LogP contribution in [0.5, 0.6) is 0 Å². The van der Waals surface area contributed by atoms with E-state index in [-0.39, 0.29) is 12.6 Å². The van der Waals surface area contributed by atoms with Gasteiger partial charge >= 0.3 is 5.97 Å². The number of aliphatic hydroxyl groups is 1. The molecule has 0 bridgehead atoms. The van der Waals surface area contributed by atoms with Gasteiger partial charge in [0.25, 0.3) is 0 Å². The zero-order valence-electron chi connectivity index (χ0n) is 15.3. The van der Waals surface area contributed by atoms with E-state index in [2.05, 4.69) is 0 Å². The first-order valence-corrected chi connectivity index (χ1v) is 17.3. The van der Waals surface area contributed by atoms with Gasteiger partial charge in [-0.3, -0.25) is 4.79 Å². The number of thioether (sulfide) groups is 8. The predicted octanol–water partition coefficient (Wildman–Crippen LogP) is 4.67. The first-order chi connectivity index (χ1) is 13.3. The number of carbonyl (C=O) groups is 1. The second-order valence-corrected chi connectivity index (χ2v) is 14.0. The molecule has 0 aromatic heterocycles. The number of carbonyl (C=O) groups excluding carboxylic acids is 1. The van der Waals surface area contributed by atoms with Crippen LogP contribution in [0.2, 0.25) is 0 Å². The highest BCUT2D eigenvalue weighted by Crippen LogP contribution is 2.21. The summed E-state index contributed by atoms with van der Waals surface area (Å²) in [5.74, 6) is 2.97. The van der Waals surface area contributed by atoms with Crippen LogP contribution in [0.3, 0.4) is 0 Å². The van der Waals surface area contributed by atoms with Crippen molar-refractivity contribution in [2.24, 2.45) is 0 Å². The summed E-state index contributed by atoms with van der Waals surface area (Å²) in [6.45, 7) is 0.817. The molecule has 0 fully saturated rings. The first-order valence-electron chi connectivity index (χ1n) is 7.85. The summed E-state index contributed by atoms with van der Waals surface area (Å²) in [7, 11) is 0. The van der Waals surface area contributed by atoms with Gasteiger partial charge in [0.1, 0.15) is 11.9 Å². The minimum atomic E-state index is -0.123. The fourth-order valence-corrected chi connectivity index (χ4v) is 8.19. The molecule has 0 heterocycles. The Morgan fingerprint density at radius 2 is 1.44 bits per heavy atom. The highest BCUT2D eigenvalue weighted by atomic mass is 32.2. The van der Waals surface area contributed by atoms with E-state index >= 15 is 0 Å². The third kappa shape index (κ3) is 26.1. The third-order valence-electron chi connectivity index (χ3n) is 2.15.